The first-order valence-corrected chi connectivity index (χ1v) is 7.28. The summed E-state index contributed by atoms with van der Waals surface area (Å²) in [5.74, 6) is 0.489. The molecule has 4 heteroatoms. The van der Waals surface area contributed by atoms with Crippen LogP contribution in [0.3, 0.4) is 0 Å². The van der Waals surface area contributed by atoms with Crippen molar-refractivity contribution in [3.63, 3.8) is 0 Å². The highest BCUT2D eigenvalue weighted by Gasteiger charge is 2.53. The van der Waals surface area contributed by atoms with Crippen LogP contribution in [0.2, 0.25) is 0 Å². The molecule has 0 heterocycles. The zero-order valence-electron chi connectivity index (χ0n) is 13.5. The molecule has 0 spiro atoms. The molecule has 0 saturated heterocycles. The van der Waals surface area contributed by atoms with E-state index in [9.17, 15) is 0 Å². The van der Waals surface area contributed by atoms with Crippen molar-refractivity contribution in [2.45, 2.75) is 77.2 Å². The predicted molar refractivity (Wildman–Crippen MR) is 79.0 cm³/mol. The average Bonchev–Trinajstić information content (AvgIpc) is 2.83. The van der Waals surface area contributed by atoms with Crippen molar-refractivity contribution in [1.29, 1.82) is 0 Å². The third kappa shape index (κ3) is 5.78. The second-order valence-corrected chi connectivity index (χ2v) is 7.60. The molecule has 3 unspecified atom stereocenters. The first-order valence-electron chi connectivity index (χ1n) is 7.28. The lowest BCUT2D eigenvalue weighted by Gasteiger charge is -2.32. The number of nitrogens with two attached hydrogens (primary N) is 2. The molecule has 1 fully saturated rings. The zero-order valence-corrected chi connectivity index (χ0v) is 13.5. The van der Waals surface area contributed by atoms with Gasteiger partial charge in [0.15, 0.2) is 0 Å². The van der Waals surface area contributed by atoms with Gasteiger partial charge in [-0.1, -0.05) is 0 Å². The molecule has 0 amide bonds. The van der Waals surface area contributed by atoms with Crippen LogP contribution in [0.25, 0.3) is 0 Å². The summed E-state index contributed by atoms with van der Waals surface area (Å²) in [5.41, 5.74) is 11.5. The molecule has 114 valence electrons. The highest BCUT2D eigenvalue weighted by atomic mass is 16.5. The van der Waals surface area contributed by atoms with Crippen molar-refractivity contribution in [2.24, 2.45) is 17.4 Å². The summed E-state index contributed by atoms with van der Waals surface area (Å²) in [4.78, 5) is 0. The normalized spacial score (nSPS) is 29.4. The molecule has 4 nitrogen and oxygen atoms in total. The van der Waals surface area contributed by atoms with Crippen molar-refractivity contribution < 1.29 is 9.47 Å². The molecule has 19 heavy (non-hydrogen) atoms. The Morgan fingerprint density at radius 3 is 2.26 bits per heavy atom. The Labute approximate surface area is 118 Å². The molecule has 1 aliphatic carbocycles. The zero-order chi connectivity index (χ0) is 14.9. The average molecular weight is 272 g/mol. The van der Waals surface area contributed by atoms with Gasteiger partial charge in [0.05, 0.1) is 24.4 Å². The molecule has 0 aliphatic heterocycles. The van der Waals surface area contributed by atoms with E-state index in [-0.39, 0.29) is 22.8 Å². The number of ether oxygens (including phenoxy) is 2. The van der Waals surface area contributed by atoms with Crippen molar-refractivity contribution in [1.82, 2.24) is 0 Å². The van der Waals surface area contributed by atoms with Crippen LogP contribution in [0, 0.1) is 5.92 Å². The molecule has 0 aromatic heterocycles. The molecule has 0 aromatic rings. The molecule has 0 bridgehead atoms. The van der Waals surface area contributed by atoms with E-state index < -0.39 is 0 Å². The van der Waals surface area contributed by atoms with Gasteiger partial charge in [0.25, 0.3) is 0 Å². The van der Waals surface area contributed by atoms with Gasteiger partial charge in [-0.25, -0.2) is 0 Å². The Hall–Kier alpha value is -0.160. The van der Waals surface area contributed by atoms with Crippen LogP contribution in [0.1, 0.15) is 54.4 Å². The van der Waals surface area contributed by atoms with Crippen molar-refractivity contribution in [3.05, 3.63) is 0 Å². The lowest BCUT2D eigenvalue weighted by atomic mass is 9.90. The Kier molecular flexibility index (Phi) is 5.05. The van der Waals surface area contributed by atoms with E-state index in [0.717, 1.165) is 12.8 Å². The third-order valence-corrected chi connectivity index (χ3v) is 3.77. The second kappa shape index (κ2) is 5.68. The summed E-state index contributed by atoms with van der Waals surface area (Å²) < 4.78 is 11.8. The molecular formula is C15H32N2O2. The minimum absolute atomic E-state index is 0.0329. The molecule has 1 aliphatic rings. The lowest BCUT2D eigenvalue weighted by molar-refractivity contribution is -0.0757. The largest absolute Gasteiger partial charge is 0.373 e. The fraction of sp³-hybridized carbons (Fsp3) is 1.00. The van der Waals surface area contributed by atoms with Crippen molar-refractivity contribution in [2.75, 3.05) is 13.2 Å². The van der Waals surface area contributed by atoms with E-state index in [0.29, 0.717) is 19.1 Å². The molecule has 0 radical (unpaired) electrons. The summed E-state index contributed by atoms with van der Waals surface area (Å²) in [5, 5.41) is 0. The van der Waals surface area contributed by atoms with Gasteiger partial charge in [0.2, 0.25) is 0 Å². The lowest BCUT2D eigenvalue weighted by Crippen LogP contribution is -2.42. The highest BCUT2D eigenvalue weighted by Crippen LogP contribution is 2.47. The van der Waals surface area contributed by atoms with Gasteiger partial charge in [-0.3, -0.25) is 0 Å². The standard InChI is InChI=1S/C15H32N2O2/c1-11(16)12-9-15(12,6)19-8-7-18-14(4,5)10-13(2,3)17/h11-12H,7-10,16-17H2,1-6H3. The highest BCUT2D eigenvalue weighted by molar-refractivity contribution is 5.05. The quantitative estimate of drug-likeness (QED) is 0.663. The SMILES string of the molecule is CC(N)C1CC1(C)OCCOC(C)(C)CC(C)(C)N. The minimum Gasteiger partial charge on any atom is -0.373 e. The maximum Gasteiger partial charge on any atom is 0.0708 e. The maximum absolute atomic E-state index is 6.03. The fourth-order valence-corrected chi connectivity index (χ4v) is 3.03. The topological polar surface area (TPSA) is 70.5 Å². The Balaban J connectivity index is 2.21. The summed E-state index contributed by atoms with van der Waals surface area (Å²) in [6.45, 7) is 13.6. The van der Waals surface area contributed by atoms with E-state index in [2.05, 4.69) is 20.8 Å². The smallest absolute Gasteiger partial charge is 0.0708 e. The van der Waals surface area contributed by atoms with Crippen LogP contribution in [0.4, 0.5) is 0 Å². The minimum atomic E-state index is -0.216. The van der Waals surface area contributed by atoms with Crippen LogP contribution >= 0.6 is 0 Å². The Bertz CT molecular complexity index is 297. The van der Waals surface area contributed by atoms with E-state index >= 15 is 0 Å². The first-order chi connectivity index (χ1) is 8.45. The monoisotopic (exact) mass is 272 g/mol. The van der Waals surface area contributed by atoms with E-state index in [1.54, 1.807) is 0 Å². The summed E-state index contributed by atoms with van der Waals surface area (Å²) in [6.07, 6.45) is 1.88. The third-order valence-electron chi connectivity index (χ3n) is 3.77. The van der Waals surface area contributed by atoms with E-state index in [1.165, 1.54) is 0 Å². The number of rotatable bonds is 8. The van der Waals surface area contributed by atoms with Gasteiger partial charge in [-0.05, 0) is 54.4 Å². The van der Waals surface area contributed by atoms with Crippen LogP contribution < -0.4 is 11.5 Å². The Morgan fingerprint density at radius 2 is 1.84 bits per heavy atom. The summed E-state index contributed by atoms with van der Waals surface area (Å²) in [6, 6.07) is 0.209. The van der Waals surface area contributed by atoms with Gasteiger partial charge in [-0.2, -0.15) is 0 Å². The molecular weight excluding hydrogens is 240 g/mol. The van der Waals surface area contributed by atoms with Crippen LogP contribution in [0.5, 0.6) is 0 Å². The van der Waals surface area contributed by atoms with Crippen molar-refractivity contribution >= 4 is 0 Å². The van der Waals surface area contributed by atoms with Gasteiger partial charge in [-0.15, -0.1) is 0 Å². The second-order valence-electron chi connectivity index (χ2n) is 7.60. The maximum atomic E-state index is 6.03. The van der Waals surface area contributed by atoms with E-state index in [4.69, 9.17) is 20.9 Å². The van der Waals surface area contributed by atoms with Crippen LogP contribution in [0.15, 0.2) is 0 Å². The summed E-state index contributed by atoms with van der Waals surface area (Å²) in [7, 11) is 0. The molecule has 1 rings (SSSR count). The van der Waals surface area contributed by atoms with Crippen LogP contribution in [-0.2, 0) is 9.47 Å². The predicted octanol–water partition coefficient (Wildman–Crippen LogP) is 2.05. The molecule has 0 aromatic carbocycles. The number of hydrogen-bond acceptors (Lipinski definition) is 4. The molecule has 4 N–H and O–H groups in total. The van der Waals surface area contributed by atoms with Crippen molar-refractivity contribution in [3.8, 4) is 0 Å². The summed E-state index contributed by atoms with van der Waals surface area (Å²) >= 11 is 0. The Morgan fingerprint density at radius 1 is 1.26 bits per heavy atom. The molecule has 1 saturated carbocycles. The van der Waals surface area contributed by atoms with Gasteiger partial charge in [0.1, 0.15) is 0 Å². The molecule has 3 atom stereocenters. The fourth-order valence-electron chi connectivity index (χ4n) is 3.03. The van der Waals surface area contributed by atoms with Crippen LogP contribution in [-0.4, -0.2) is 36.0 Å². The van der Waals surface area contributed by atoms with Gasteiger partial charge < -0.3 is 20.9 Å². The number of hydrogen-bond donors (Lipinski definition) is 2. The van der Waals surface area contributed by atoms with Gasteiger partial charge in [0, 0.05) is 17.5 Å². The van der Waals surface area contributed by atoms with Gasteiger partial charge >= 0.3 is 0 Å². The van der Waals surface area contributed by atoms with E-state index in [1.807, 2.05) is 20.8 Å². The first kappa shape index (κ1) is 16.9.